The van der Waals surface area contributed by atoms with E-state index in [0.717, 1.165) is 35.5 Å². The molecule has 2 N–H and O–H groups in total. The van der Waals surface area contributed by atoms with Crippen LogP contribution in [-0.4, -0.2) is 32.3 Å². The molecule has 3 aromatic rings. The van der Waals surface area contributed by atoms with Crippen molar-refractivity contribution in [2.75, 3.05) is 16.4 Å². The van der Waals surface area contributed by atoms with Crippen LogP contribution in [0.1, 0.15) is 18.1 Å². The molecule has 2 amide bonds. The van der Waals surface area contributed by atoms with E-state index in [-0.39, 0.29) is 17.1 Å². The molecule has 0 spiro atoms. The SMILES string of the molecule is CC(=O)Nc1ccc(C(F)(F)F)cc1NC(=O)CSc1nncn1-c1ccc(C)c(Cl)c1. The zero-order valence-corrected chi connectivity index (χ0v) is 18.4. The van der Waals surface area contributed by atoms with Crippen molar-refractivity contribution in [2.24, 2.45) is 0 Å². The van der Waals surface area contributed by atoms with E-state index in [4.69, 9.17) is 11.6 Å². The van der Waals surface area contributed by atoms with Crippen molar-refractivity contribution in [3.8, 4) is 5.69 Å². The number of hydrogen-bond donors (Lipinski definition) is 2. The molecule has 12 heteroatoms. The maximum atomic E-state index is 13.1. The summed E-state index contributed by atoms with van der Waals surface area (Å²) in [6.07, 6.45) is -3.14. The van der Waals surface area contributed by atoms with Gasteiger partial charge in [-0.3, -0.25) is 14.2 Å². The smallest absolute Gasteiger partial charge is 0.325 e. The van der Waals surface area contributed by atoms with Crippen LogP contribution < -0.4 is 10.6 Å². The summed E-state index contributed by atoms with van der Waals surface area (Å²) >= 11 is 7.20. The highest BCUT2D eigenvalue weighted by molar-refractivity contribution is 7.99. The van der Waals surface area contributed by atoms with Gasteiger partial charge < -0.3 is 10.6 Å². The Bertz CT molecular complexity index is 1170. The minimum absolute atomic E-state index is 0.0568. The summed E-state index contributed by atoms with van der Waals surface area (Å²) in [5.41, 5.74) is 0.534. The van der Waals surface area contributed by atoms with Crippen LogP contribution in [0.3, 0.4) is 0 Å². The molecule has 1 heterocycles. The fourth-order valence-corrected chi connectivity index (χ4v) is 3.57. The van der Waals surface area contributed by atoms with Crippen molar-refractivity contribution in [1.82, 2.24) is 14.8 Å². The van der Waals surface area contributed by atoms with Crippen LogP contribution in [-0.2, 0) is 15.8 Å². The van der Waals surface area contributed by atoms with Crippen LogP contribution in [0.5, 0.6) is 0 Å². The van der Waals surface area contributed by atoms with Gasteiger partial charge in [0.05, 0.1) is 28.4 Å². The monoisotopic (exact) mass is 483 g/mol. The van der Waals surface area contributed by atoms with Crippen LogP contribution in [0.25, 0.3) is 5.69 Å². The highest BCUT2D eigenvalue weighted by Crippen LogP contribution is 2.34. The number of anilines is 2. The number of nitrogens with one attached hydrogen (secondary N) is 2. The van der Waals surface area contributed by atoms with E-state index >= 15 is 0 Å². The van der Waals surface area contributed by atoms with Crippen molar-refractivity contribution in [2.45, 2.75) is 25.2 Å². The first kappa shape index (κ1) is 23.6. The number of thioether (sulfide) groups is 1. The van der Waals surface area contributed by atoms with E-state index in [9.17, 15) is 22.8 Å². The Labute approximate surface area is 190 Å². The third-order valence-corrected chi connectivity index (χ3v) is 5.56. The maximum absolute atomic E-state index is 13.1. The van der Waals surface area contributed by atoms with Gasteiger partial charge in [-0.25, -0.2) is 0 Å². The lowest BCUT2D eigenvalue weighted by molar-refractivity contribution is -0.137. The number of carbonyl (C=O) groups excluding carboxylic acids is 2. The van der Waals surface area contributed by atoms with Crippen LogP contribution in [0, 0.1) is 6.92 Å². The zero-order chi connectivity index (χ0) is 23.5. The van der Waals surface area contributed by atoms with Crippen molar-refractivity contribution in [1.29, 1.82) is 0 Å². The summed E-state index contributed by atoms with van der Waals surface area (Å²) in [7, 11) is 0. The van der Waals surface area contributed by atoms with Crippen LogP contribution in [0.15, 0.2) is 47.9 Å². The lowest BCUT2D eigenvalue weighted by atomic mass is 10.1. The Balaban J connectivity index is 1.75. The van der Waals surface area contributed by atoms with Gasteiger partial charge in [0.15, 0.2) is 5.16 Å². The second-order valence-electron chi connectivity index (χ2n) is 6.69. The summed E-state index contributed by atoms with van der Waals surface area (Å²) in [5, 5.41) is 13.6. The summed E-state index contributed by atoms with van der Waals surface area (Å²) in [6.45, 7) is 3.07. The third kappa shape index (κ3) is 5.80. The standard InChI is InChI=1S/C20H17ClF3N5O2S/c1-11-3-5-14(8-15(11)21)29-10-25-28-19(29)32-9-18(31)27-17-7-13(20(22,23)24)4-6-16(17)26-12(2)30/h3-8,10H,9H2,1-2H3,(H,26,30)(H,27,31). The average molecular weight is 484 g/mol. The summed E-state index contributed by atoms with van der Waals surface area (Å²) in [5.74, 6) is -1.23. The van der Waals surface area contributed by atoms with Gasteiger partial charge in [0.2, 0.25) is 11.8 Å². The van der Waals surface area contributed by atoms with Gasteiger partial charge in [-0.1, -0.05) is 29.4 Å². The van der Waals surface area contributed by atoms with E-state index in [1.165, 1.54) is 13.3 Å². The number of alkyl halides is 3. The highest BCUT2D eigenvalue weighted by Gasteiger charge is 2.31. The first-order chi connectivity index (χ1) is 15.0. The summed E-state index contributed by atoms with van der Waals surface area (Å²) < 4.78 is 40.8. The van der Waals surface area contributed by atoms with Gasteiger partial charge in [0, 0.05) is 11.9 Å². The molecule has 0 unspecified atom stereocenters. The van der Waals surface area contributed by atoms with E-state index < -0.39 is 23.6 Å². The van der Waals surface area contributed by atoms with Crippen molar-refractivity contribution < 1.29 is 22.8 Å². The maximum Gasteiger partial charge on any atom is 0.416 e. The molecule has 2 aromatic carbocycles. The van der Waals surface area contributed by atoms with Crippen molar-refractivity contribution in [3.63, 3.8) is 0 Å². The van der Waals surface area contributed by atoms with Crippen LogP contribution in [0.4, 0.5) is 24.5 Å². The Morgan fingerprint density at radius 3 is 2.53 bits per heavy atom. The van der Waals surface area contributed by atoms with Gasteiger partial charge in [-0.15, -0.1) is 10.2 Å². The molecule has 3 rings (SSSR count). The average Bonchev–Trinajstić information content (AvgIpc) is 3.17. The molecule has 32 heavy (non-hydrogen) atoms. The number of halogens is 4. The second-order valence-corrected chi connectivity index (χ2v) is 8.04. The molecule has 0 radical (unpaired) electrons. The number of benzene rings is 2. The molecule has 0 atom stereocenters. The molecular weight excluding hydrogens is 467 g/mol. The van der Waals surface area contributed by atoms with Gasteiger partial charge in [-0.05, 0) is 42.8 Å². The molecule has 0 aliphatic carbocycles. The minimum atomic E-state index is -4.60. The summed E-state index contributed by atoms with van der Waals surface area (Å²) in [6, 6.07) is 8.06. The van der Waals surface area contributed by atoms with E-state index in [0.29, 0.717) is 15.9 Å². The third-order valence-electron chi connectivity index (χ3n) is 4.21. The predicted octanol–water partition coefficient (Wildman–Crippen LogP) is 4.94. The fourth-order valence-electron chi connectivity index (χ4n) is 2.67. The number of amides is 2. The number of carbonyl (C=O) groups is 2. The molecular formula is C20H17ClF3N5O2S. The highest BCUT2D eigenvalue weighted by atomic mass is 35.5. The zero-order valence-electron chi connectivity index (χ0n) is 16.8. The van der Waals surface area contributed by atoms with Crippen molar-refractivity contribution in [3.05, 3.63) is 58.9 Å². The number of nitrogens with zero attached hydrogens (tertiary/aromatic N) is 3. The molecule has 0 saturated carbocycles. The van der Waals surface area contributed by atoms with Gasteiger partial charge in [0.25, 0.3) is 0 Å². The Kier molecular flexibility index (Phi) is 7.09. The second kappa shape index (κ2) is 9.61. The van der Waals surface area contributed by atoms with E-state index in [1.807, 2.05) is 19.1 Å². The first-order valence-corrected chi connectivity index (χ1v) is 10.5. The predicted molar refractivity (Wildman–Crippen MR) is 116 cm³/mol. The Hall–Kier alpha value is -3.05. The van der Waals surface area contributed by atoms with Crippen LogP contribution >= 0.6 is 23.4 Å². The molecule has 0 aliphatic heterocycles. The number of hydrogen-bond acceptors (Lipinski definition) is 5. The molecule has 7 nitrogen and oxygen atoms in total. The number of aromatic nitrogens is 3. The van der Waals surface area contributed by atoms with Crippen LogP contribution in [0.2, 0.25) is 5.02 Å². The van der Waals surface area contributed by atoms with Crippen molar-refractivity contribution >= 4 is 46.6 Å². The first-order valence-electron chi connectivity index (χ1n) is 9.12. The van der Waals surface area contributed by atoms with Gasteiger partial charge in [0.1, 0.15) is 6.33 Å². The molecule has 0 bridgehead atoms. The Morgan fingerprint density at radius 1 is 1.12 bits per heavy atom. The summed E-state index contributed by atoms with van der Waals surface area (Å²) in [4.78, 5) is 23.8. The lowest BCUT2D eigenvalue weighted by Crippen LogP contribution is -2.18. The quantitative estimate of drug-likeness (QED) is 0.485. The minimum Gasteiger partial charge on any atom is -0.325 e. The largest absolute Gasteiger partial charge is 0.416 e. The molecule has 168 valence electrons. The Morgan fingerprint density at radius 2 is 1.88 bits per heavy atom. The normalized spacial score (nSPS) is 11.3. The number of aryl methyl sites for hydroxylation is 1. The molecule has 0 aliphatic rings. The number of rotatable bonds is 6. The van der Waals surface area contributed by atoms with E-state index in [1.54, 1.807) is 10.6 Å². The molecule has 1 aromatic heterocycles. The topological polar surface area (TPSA) is 88.9 Å². The molecule has 0 fully saturated rings. The van der Waals surface area contributed by atoms with E-state index in [2.05, 4.69) is 20.8 Å². The van der Waals surface area contributed by atoms with Gasteiger partial charge in [-0.2, -0.15) is 13.2 Å². The lowest BCUT2D eigenvalue weighted by Gasteiger charge is -2.15. The fraction of sp³-hybridized carbons (Fsp3) is 0.200. The molecule has 0 saturated heterocycles. The van der Waals surface area contributed by atoms with Gasteiger partial charge >= 0.3 is 6.18 Å².